The van der Waals surface area contributed by atoms with Crippen LogP contribution in [0, 0.1) is 5.92 Å². The van der Waals surface area contributed by atoms with E-state index in [9.17, 15) is 4.79 Å². The molecule has 0 radical (unpaired) electrons. The van der Waals surface area contributed by atoms with Crippen molar-refractivity contribution in [1.29, 1.82) is 0 Å². The van der Waals surface area contributed by atoms with Crippen LogP contribution in [-0.4, -0.2) is 37.6 Å². The molecule has 2 heterocycles. The molecule has 104 valence electrons. The Labute approximate surface area is 110 Å². The van der Waals surface area contributed by atoms with Crippen LogP contribution < -0.4 is 16.0 Å². The Morgan fingerprint density at radius 1 is 1.33 bits per heavy atom. The maximum Gasteiger partial charge on any atom is 0.240 e. The van der Waals surface area contributed by atoms with E-state index in [0.717, 1.165) is 51.4 Å². The van der Waals surface area contributed by atoms with Gasteiger partial charge in [0, 0.05) is 6.54 Å². The first-order valence-electron chi connectivity index (χ1n) is 7.45. The van der Waals surface area contributed by atoms with Crippen LogP contribution in [0.4, 0.5) is 0 Å². The molecule has 2 aliphatic rings. The average molecular weight is 253 g/mol. The summed E-state index contributed by atoms with van der Waals surface area (Å²) in [4.78, 5) is 12.2. The van der Waals surface area contributed by atoms with Crippen molar-refractivity contribution >= 4 is 5.91 Å². The van der Waals surface area contributed by atoms with Gasteiger partial charge in [0.2, 0.25) is 5.91 Å². The lowest BCUT2D eigenvalue weighted by Crippen LogP contribution is -2.57. The fourth-order valence-electron chi connectivity index (χ4n) is 3.01. The van der Waals surface area contributed by atoms with Crippen LogP contribution in [0.25, 0.3) is 0 Å². The fraction of sp³-hybridized carbons (Fsp3) is 0.929. The summed E-state index contributed by atoms with van der Waals surface area (Å²) in [6.45, 7) is 6.10. The van der Waals surface area contributed by atoms with Crippen molar-refractivity contribution in [2.75, 3.05) is 26.2 Å². The molecule has 0 aliphatic carbocycles. The molecular weight excluding hydrogens is 226 g/mol. The minimum absolute atomic E-state index is 0.186. The normalized spacial score (nSPS) is 33.1. The van der Waals surface area contributed by atoms with Gasteiger partial charge in [-0.2, -0.15) is 0 Å². The number of carbonyl (C=O) groups excluding carboxylic acids is 1. The third-order valence-electron chi connectivity index (χ3n) is 4.36. The van der Waals surface area contributed by atoms with Gasteiger partial charge in [0.25, 0.3) is 0 Å². The lowest BCUT2D eigenvalue weighted by atomic mass is 9.90. The maximum atomic E-state index is 12.2. The quantitative estimate of drug-likeness (QED) is 0.701. The second-order valence-corrected chi connectivity index (χ2v) is 5.97. The van der Waals surface area contributed by atoms with Crippen molar-refractivity contribution in [1.82, 2.24) is 16.0 Å². The first-order chi connectivity index (χ1) is 8.71. The van der Waals surface area contributed by atoms with E-state index in [-0.39, 0.29) is 11.4 Å². The van der Waals surface area contributed by atoms with Crippen LogP contribution in [0.5, 0.6) is 0 Å². The van der Waals surface area contributed by atoms with E-state index in [0.29, 0.717) is 0 Å². The Morgan fingerprint density at radius 3 is 2.89 bits per heavy atom. The van der Waals surface area contributed by atoms with Gasteiger partial charge in [-0.15, -0.1) is 0 Å². The van der Waals surface area contributed by atoms with Gasteiger partial charge in [-0.3, -0.25) is 4.79 Å². The van der Waals surface area contributed by atoms with Gasteiger partial charge < -0.3 is 16.0 Å². The second kappa shape index (κ2) is 6.53. The van der Waals surface area contributed by atoms with E-state index in [2.05, 4.69) is 16.0 Å². The minimum atomic E-state index is -0.330. The number of amides is 1. The van der Waals surface area contributed by atoms with Crippen LogP contribution in [0.3, 0.4) is 0 Å². The summed E-state index contributed by atoms with van der Waals surface area (Å²) in [5.74, 6) is 0.928. The highest BCUT2D eigenvalue weighted by Gasteiger charge is 2.33. The van der Waals surface area contributed by atoms with Crippen molar-refractivity contribution < 1.29 is 4.79 Å². The number of carbonyl (C=O) groups is 1. The standard InChI is InChI=1S/C14H27N3O/c1-14(7-2-3-9-17-14)13(18)16-10-6-12-5-4-8-15-11-12/h12,15,17H,2-11H2,1H3,(H,16,18). The van der Waals surface area contributed by atoms with Gasteiger partial charge in [-0.1, -0.05) is 0 Å². The molecule has 0 aromatic carbocycles. The molecule has 2 unspecified atom stereocenters. The van der Waals surface area contributed by atoms with Crippen molar-refractivity contribution in [2.24, 2.45) is 5.92 Å². The summed E-state index contributed by atoms with van der Waals surface area (Å²) >= 11 is 0. The number of nitrogens with one attached hydrogen (secondary N) is 3. The molecule has 2 saturated heterocycles. The van der Waals surface area contributed by atoms with Crippen molar-refractivity contribution in [2.45, 2.75) is 51.0 Å². The van der Waals surface area contributed by atoms with E-state index in [1.54, 1.807) is 0 Å². The van der Waals surface area contributed by atoms with Gasteiger partial charge in [0.1, 0.15) is 0 Å². The van der Waals surface area contributed by atoms with Gasteiger partial charge in [0.05, 0.1) is 5.54 Å². The average Bonchev–Trinajstić information content (AvgIpc) is 2.41. The largest absolute Gasteiger partial charge is 0.354 e. The van der Waals surface area contributed by atoms with E-state index >= 15 is 0 Å². The van der Waals surface area contributed by atoms with Crippen LogP contribution >= 0.6 is 0 Å². The smallest absolute Gasteiger partial charge is 0.240 e. The zero-order valence-electron chi connectivity index (χ0n) is 11.6. The molecule has 0 bridgehead atoms. The number of hydrogen-bond acceptors (Lipinski definition) is 3. The van der Waals surface area contributed by atoms with Gasteiger partial charge >= 0.3 is 0 Å². The predicted octanol–water partition coefficient (Wildman–Crippen LogP) is 1.02. The lowest BCUT2D eigenvalue weighted by Gasteiger charge is -2.33. The summed E-state index contributed by atoms with van der Waals surface area (Å²) in [6, 6.07) is 0. The Balaban J connectivity index is 1.67. The first kappa shape index (κ1) is 13.8. The number of rotatable bonds is 4. The molecule has 2 rings (SSSR count). The summed E-state index contributed by atoms with van der Waals surface area (Å²) in [6.07, 6.45) is 7.00. The number of piperidine rings is 2. The zero-order chi connectivity index (χ0) is 12.8. The zero-order valence-corrected chi connectivity index (χ0v) is 11.6. The van der Waals surface area contributed by atoms with E-state index < -0.39 is 0 Å². The Hall–Kier alpha value is -0.610. The van der Waals surface area contributed by atoms with E-state index in [4.69, 9.17) is 0 Å². The highest BCUT2D eigenvalue weighted by atomic mass is 16.2. The van der Waals surface area contributed by atoms with Crippen LogP contribution in [0.2, 0.25) is 0 Å². The summed E-state index contributed by atoms with van der Waals surface area (Å²) in [5.41, 5.74) is -0.330. The van der Waals surface area contributed by atoms with Crippen LogP contribution in [0.1, 0.15) is 45.4 Å². The first-order valence-corrected chi connectivity index (χ1v) is 7.45. The molecule has 0 aromatic heterocycles. The molecule has 0 spiro atoms. The summed E-state index contributed by atoms with van der Waals surface area (Å²) in [7, 11) is 0. The molecule has 2 fully saturated rings. The van der Waals surface area contributed by atoms with Gasteiger partial charge in [0.15, 0.2) is 0 Å². The maximum absolute atomic E-state index is 12.2. The fourth-order valence-corrected chi connectivity index (χ4v) is 3.01. The lowest BCUT2D eigenvalue weighted by molar-refractivity contribution is -0.127. The summed E-state index contributed by atoms with van der Waals surface area (Å²) in [5, 5.41) is 9.89. The van der Waals surface area contributed by atoms with Crippen LogP contribution in [0.15, 0.2) is 0 Å². The monoisotopic (exact) mass is 253 g/mol. The molecule has 4 heteroatoms. The third kappa shape index (κ3) is 3.69. The predicted molar refractivity (Wildman–Crippen MR) is 73.5 cm³/mol. The van der Waals surface area contributed by atoms with Gasteiger partial charge in [-0.05, 0) is 71.0 Å². The molecule has 18 heavy (non-hydrogen) atoms. The highest BCUT2D eigenvalue weighted by molar-refractivity contribution is 5.85. The topological polar surface area (TPSA) is 53.2 Å². The molecule has 1 amide bonds. The second-order valence-electron chi connectivity index (χ2n) is 5.97. The van der Waals surface area contributed by atoms with Gasteiger partial charge in [-0.25, -0.2) is 0 Å². The van der Waals surface area contributed by atoms with E-state index in [1.807, 2.05) is 6.92 Å². The Morgan fingerprint density at radius 2 is 2.22 bits per heavy atom. The van der Waals surface area contributed by atoms with Crippen LogP contribution in [-0.2, 0) is 4.79 Å². The van der Waals surface area contributed by atoms with Crippen molar-refractivity contribution in [3.8, 4) is 0 Å². The minimum Gasteiger partial charge on any atom is -0.354 e. The Kier molecular flexibility index (Phi) is 5.01. The molecule has 3 N–H and O–H groups in total. The molecule has 0 aromatic rings. The van der Waals surface area contributed by atoms with Crippen molar-refractivity contribution in [3.05, 3.63) is 0 Å². The molecule has 0 saturated carbocycles. The van der Waals surface area contributed by atoms with Crippen molar-refractivity contribution in [3.63, 3.8) is 0 Å². The molecule has 2 atom stereocenters. The SMILES string of the molecule is CC1(C(=O)NCCC2CCCNC2)CCCCN1. The Bertz CT molecular complexity index is 268. The highest BCUT2D eigenvalue weighted by Crippen LogP contribution is 2.19. The molecule has 2 aliphatic heterocycles. The molecule has 4 nitrogen and oxygen atoms in total. The summed E-state index contributed by atoms with van der Waals surface area (Å²) < 4.78 is 0. The third-order valence-corrected chi connectivity index (χ3v) is 4.36. The number of hydrogen-bond donors (Lipinski definition) is 3. The van der Waals surface area contributed by atoms with E-state index in [1.165, 1.54) is 19.3 Å². The molecular formula is C14H27N3O.